The molecule has 25 heavy (non-hydrogen) atoms. The Labute approximate surface area is 149 Å². The van der Waals surface area contributed by atoms with E-state index >= 15 is 0 Å². The van der Waals surface area contributed by atoms with E-state index in [0.717, 1.165) is 22.3 Å². The lowest BCUT2D eigenvalue weighted by Crippen LogP contribution is -2.36. The largest absolute Gasteiger partial charge is 0.387 e. The van der Waals surface area contributed by atoms with E-state index in [2.05, 4.69) is 38.2 Å². The molecule has 0 radical (unpaired) electrons. The summed E-state index contributed by atoms with van der Waals surface area (Å²) in [6.45, 7) is 4.16. The van der Waals surface area contributed by atoms with Gasteiger partial charge in [0, 0.05) is 10.8 Å². The van der Waals surface area contributed by atoms with Crippen LogP contribution in [0.15, 0.2) is 60.7 Å². The SMILES string of the molecule is CC1(CC2(C)C=Cc3ccccc3C2O)C=Cc2ccccc2C1O. The molecule has 0 saturated heterocycles. The van der Waals surface area contributed by atoms with E-state index in [1.165, 1.54) is 0 Å². The third kappa shape index (κ3) is 2.57. The Bertz CT molecular complexity index is 794. The molecule has 0 bridgehead atoms. The van der Waals surface area contributed by atoms with Crippen molar-refractivity contribution in [1.29, 1.82) is 0 Å². The molecule has 2 aromatic rings. The Morgan fingerprint density at radius 1 is 0.720 bits per heavy atom. The highest BCUT2D eigenvalue weighted by Crippen LogP contribution is 2.53. The Kier molecular flexibility index (Phi) is 3.71. The van der Waals surface area contributed by atoms with Crippen molar-refractivity contribution in [1.82, 2.24) is 0 Å². The van der Waals surface area contributed by atoms with Crippen molar-refractivity contribution in [3.8, 4) is 0 Å². The van der Waals surface area contributed by atoms with Crippen molar-refractivity contribution in [2.45, 2.75) is 32.5 Å². The van der Waals surface area contributed by atoms with Gasteiger partial charge in [-0.05, 0) is 28.7 Å². The molecular weight excluding hydrogens is 308 g/mol. The topological polar surface area (TPSA) is 40.5 Å². The highest BCUT2D eigenvalue weighted by atomic mass is 16.3. The minimum atomic E-state index is -0.580. The summed E-state index contributed by atoms with van der Waals surface area (Å²) in [5.74, 6) is 0. The third-order valence-corrected chi connectivity index (χ3v) is 5.88. The number of hydrogen-bond acceptors (Lipinski definition) is 2. The highest BCUT2D eigenvalue weighted by Gasteiger charge is 2.45. The Morgan fingerprint density at radius 3 is 1.56 bits per heavy atom. The van der Waals surface area contributed by atoms with Crippen LogP contribution in [0, 0.1) is 10.8 Å². The fourth-order valence-electron chi connectivity index (χ4n) is 4.41. The molecule has 4 rings (SSSR count). The molecule has 2 aromatic carbocycles. The molecule has 4 unspecified atom stereocenters. The van der Waals surface area contributed by atoms with Gasteiger partial charge in [0.2, 0.25) is 0 Å². The lowest BCUT2D eigenvalue weighted by Gasteiger charge is -2.45. The lowest BCUT2D eigenvalue weighted by atomic mass is 9.62. The first-order valence-electron chi connectivity index (χ1n) is 8.85. The molecule has 2 aliphatic rings. The number of aliphatic hydroxyl groups excluding tert-OH is 2. The maximum atomic E-state index is 11.1. The first kappa shape index (κ1) is 16.3. The Morgan fingerprint density at radius 2 is 1.12 bits per heavy atom. The van der Waals surface area contributed by atoms with Crippen LogP contribution in [0.4, 0.5) is 0 Å². The van der Waals surface area contributed by atoms with Gasteiger partial charge >= 0.3 is 0 Å². The van der Waals surface area contributed by atoms with Crippen LogP contribution in [0.3, 0.4) is 0 Å². The maximum Gasteiger partial charge on any atom is 0.0884 e. The quantitative estimate of drug-likeness (QED) is 0.820. The molecule has 0 spiro atoms. The molecule has 0 heterocycles. The molecule has 2 nitrogen and oxygen atoms in total. The standard InChI is InChI=1S/C23H24O2/c1-22(13-11-16-7-3-5-9-18(16)20(22)24)15-23(2)14-12-17-8-4-6-10-19(17)21(23)25/h3-14,20-21,24-25H,15H2,1-2H3. The average molecular weight is 332 g/mol. The van der Waals surface area contributed by atoms with E-state index in [9.17, 15) is 10.2 Å². The number of benzene rings is 2. The van der Waals surface area contributed by atoms with Crippen LogP contribution in [-0.4, -0.2) is 10.2 Å². The molecule has 2 heteroatoms. The zero-order valence-electron chi connectivity index (χ0n) is 14.7. The van der Waals surface area contributed by atoms with Crippen LogP contribution in [0.2, 0.25) is 0 Å². The second-order valence-electron chi connectivity index (χ2n) is 7.92. The summed E-state index contributed by atoms with van der Waals surface area (Å²) < 4.78 is 0. The summed E-state index contributed by atoms with van der Waals surface area (Å²) in [5, 5.41) is 22.1. The van der Waals surface area contributed by atoms with Crippen LogP contribution in [0.25, 0.3) is 12.2 Å². The molecule has 128 valence electrons. The van der Waals surface area contributed by atoms with E-state index in [4.69, 9.17) is 0 Å². The molecule has 2 N–H and O–H groups in total. The summed E-state index contributed by atoms with van der Waals surface area (Å²) in [4.78, 5) is 0. The van der Waals surface area contributed by atoms with E-state index in [0.29, 0.717) is 6.42 Å². The minimum absolute atomic E-state index is 0.430. The second kappa shape index (κ2) is 5.69. The van der Waals surface area contributed by atoms with Gasteiger partial charge in [-0.1, -0.05) is 86.7 Å². The summed E-state index contributed by atoms with van der Waals surface area (Å²) in [5.41, 5.74) is 3.21. The monoisotopic (exact) mass is 332 g/mol. The summed E-state index contributed by atoms with van der Waals surface area (Å²) >= 11 is 0. The van der Waals surface area contributed by atoms with Crippen LogP contribution < -0.4 is 0 Å². The molecular formula is C23H24O2. The Balaban J connectivity index is 1.69. The first-order valence-corrected chi connectivity index (χ1v) is 8.85. The molecule has 0 amide bonds. The minimum Gasteiger partial charge on any atom is -0.387 e. The fraction of sp³-hybridized carbons (Fsp3) is 0.304. The average Bonchev–Trinajstić information content (AvgIpc) is 2.62. The van der Waals surface area contributed by atoms with Crippen LogP contribution >= 0.6 is 0 Å². The van der Waals surface area contributed by atoms with Crippen molar-refractivity contribution in [2.75, 3.05) is 0 Å². The van der Waals surface area contributed by atoms with Crippen LogP contribution in [0.5, 0.6) is 0 Å². The van der Waals surface area contributed by atoms with Crippen molar-refractivity contribution in [3.05, 3.63) is 82.9 Å². The summed E-state index contributed by atoms with van der Waals surface area (Å²) in [7, 11) is 0. The predicted molar refractivity (Wildman–Crippen MR) is 102 cm³/mol. The van der Waals surface area contributed by atoms with Gasteiger partial charge in [-0.3, -0.25) is 0 Å². The van der Waals surface area contributed by atoms with Gasteiger partial charge in [0.15, 0.2) is 0 Å². The van der Waals surface area contributed by atoms with Crippen LogP contribution in [-0.2, 0) is 0 Å². The molecule has 4 atom stereocenters. The fourth-order valence-corrected chi connectivity index (χ4v) is 4.41. The Hall–Kier alpha value is -2.16. The van der Waals surface area contributed by atoms with Gasteiger partial charge in [-0.2, -0.15) is 0 Å². The molecule has 0 saturated carbocycles. The van der Waals surface area contributed by atoms with Crippen molar-refractivity contribution < 1.29 is 10.2 Å². The van der Waals surface area contributed by atoms with E-state index in [1.807, 2.05) is 48.5 Å². The first-order chi connectivity index (χ1) is 11.9. The number of aliphatic hydroxyl groups is 2. The lowest BCUT2D eigenvalue weighted by molar-refractivity contribution is -0.00595. The van der Waals surface area contributed by atoms with Gasteiger partial charge in [0.05, 0.1) is 12.2 Å². The molecule has 0 aliphatic heterocycles. The number of rotatable bonds is 2. The molecule has 0 aromatic heterocycles. The van der Waals surface area contributed by atoms with Gasteiger partial charge in [0.25, 0.3) is 0 Å². The van der Waals surface area contributed by atoms with E-state index < -0.39 is 23.0 Å². The van der Waals surface area contributed by atoms with Crippen molar-refractivity contribution >= 4 is 12.2 Å². The van der Waals surface area contributed by atoms with Gasteiger partial charge in [0.1, 0.15) is 0 Å². The third-order valence-electron chi connectivity index (χ3n) is 5.88. The highest BCUT2D eigenvalue weighted by molar-refractivity contribution is 5.61. The van der Waals surface area contributed by atoms with E-state index in [1.54, 1.807) is 0 Å². The normalized spacial score (nSPS) is 33.0. The zero-order valence-corrected chi connectivity index (χ0v) is 14.7. The zero-order chi connectivity index (χ0) is 17.7. The van der Waals surface area contributed by atoms with Crippen molar-refractivity contribution in [2.24, 2.45) is 10.8 Å². The second-order valence-corrected chi connectivity index (χ2v) is 7.92. The number of fused-ring (bicyclic) bond motifs is 2. The van der Waals surface area contributed by atoms with E-state index in [-0.39, 0.29) is 0 Å². The molecule has 2 aliphatic carbocycles. The molecule has 0 fully saturated rings. The summed E-state index contributed by atoms with van der Waals surface area (Å²) in [6.07, 6.45) is 7.90. The van der Waals surface area contributed by atoms with Gasteiger partial charge < -0.3 is 10.2 Å². The predicted octanol–water partition coefficient (Wildman–Crippen LogP) is 4.91. The van der Waals surface area contributed by atoms with Gasteiger partial charge in [-0.25, -0.2) is 0 Å². The maximum absolute atomic E-state index is 11.1. The van der Waals surface area contributed by atoms with Gasteiger partial charge in [-0.15, -0.1) is 0 Å². The van der Waals surface area contributed by atoms with Crippen LogP contribution in [0.1, 0.15) is 54.7 Å². The summed E-state index contributed by atoms with van der Waals surface area (Å²) in [6, 6.07) is 16.0. The number of hydrogen-bond donors (Lipinski definition) is 2. The smallest absolute Gasteiger partial charge is 0.0884 e. The van der Waals surface area contributed by atoms with Crippen molar-refractivity contribution in [3.63, 3.8) is 0 Å².